The number of hydrogen-bond donors (Lipinski definition) is 0. The molecule has 2 aromatic carbocycles. The van der Waals surface area contributed by atoms with Crippen LogP contribution in [0.15, 0.2) is 60.7 Å². The van der Waals surface area contributed by atoms with Crippen molar-refractivity contribution in [3.8, 4) is 0 Å². The van der Waals surface area contributed by atoms with Gasteiger partial charge in [-0.05, 0) is 18.1 Å². The van der Waals surface area contributed by atoms with Gasteiger partial charge in [-0.25, -0.2) is 0 Å². The van der Waals surface area contributed by atoms with Crippen molar-refractivity contribution in [2.75, 3.05) is 0 Å². The van der Waals surface area contributed by atoms with Crippen molar-refractivity contribution in [1.29, 1.82) is 0 Å². The second kappa shape index (κ2) is 8.51. The first-order chi connectivity index (χ1) is 8.75. The molecule has 19 heavy (non-hydrogen) atoms. The SMILES string of the molecule is Br.CC(Br)N(Cc1ccccc1)Cc1ccccc1. The van der Waals surface area contributed by atoms with Crippen molar-refractivity contribution < 1.29 is 0 Å². The zero-order valence-electron chi connectivity index (χ0n) is 11.0. The van der Waals surface area contributed by atoms with Crippen LogP contribution in [0.4, 0.5) is 0 Å². The Bertz CT molecular complexity index is 415. The van der Waals surface area contributed by atoms with Crippen molar-refractivity contribution in [3.05, 3.63) is 71.8 Å². The van der Waals surface area contributed by atoms with Gasteiger partial charge in [0.05, 0.1) is 4.95 Å². The van der Waals surface area contributed by atoms with Gasteiger partial charge in [0, 0.05) is 13.1 Å². The van der Waals surface area contributed by atoms with Gasteiger partial charge in [0.25, 0.3) is 0 Å². The summed E-state index contributed by atoms with van der Waals surface area (Å²) >= 11 is 3.68. The molecule has 0 saturated carbocycles. The number of benzene rings is 2. The largest absolute Gasteiger partial charge is 0.283 e. The Labute approximate surface area is 134 Å². The molecule has 102 valence electrons. The third kappa shape index (κ3) is 5.47. The summed E-state index contributed by atoms with van der Waals surface area (Å²) in [7, 11) is 0. The summed E-state index contributed by atoms with van der Waals surface area (Å²) in [5.41, 5.74) is 2.69. The van der Waals surface area contributed by atoms with Gasteiger partial charge >= 0.3 is 0 Å². The fourth-order valence-electron chi connectivity index (χ4n) is 1.94. The average Bonchev–Trinajstić information content (AvgIpc) is 2.40. The Morgan fingerprint density at radius 3 is 1.53 bits per heavy atom. The molecule has 0 amide bonds. The second-order valence-corrected chi connectivity index (χ2v) is 5.78. The normalized spacial score (nSPS) is 11.9. The van der Waals surface area contributed by atoms with Gasteiger partial charge < -0.3 is 0 Å². The van der Waals surface area contributed by atoms with Crippen LogP contribution in [-0.4, -0.2) is 9.85 Å². The van der Waals surface area contributed by atoms with Crippen LogP contribution in [0.2, 0.25) is 0 Å². The first-order valence-electron chi connectivity index (χ1n) is 6.21. The molecule has 0 aliphatic rings. The van der Waals surface area contributed by atoms with E-state index in [9.17, 15) is 0 Å². The summed E-state index contributed by atoms with van der Waals surface area (Å²) in [6.45, 7) is 4.09. The Morgan fingerprint density at radius 1 is 0.842 bits per heavy atom. The second-order valence-electron chi connectivity index (χ2n) is 4.45. The maximum absolute atomic E-state index is 3.68. The minimum Gasteiger partial charge on any atom is -0.283 e. The minimum absolute atomic E-state index is 0. The Balaban J connectivity index is 0.00000180. The third-order valence-electron chi connectivity index (χ3n) is 2.96. The van der Waals surface area contributed by atoms with Crippen LogP contribution < -0.4 is 0 Å². The monoisotopic (exact) mass is 383 g/mol. The van der Waals surface area contributed by atoms with Gasteiger partial charge in [-0.15, -0.1) is 17.0 Å². The van der Waals surface area contributed by atoms with E-state index in [0.29, 0.717) is 4.95 Å². The highest BCUT2D eigenvalue weighted by Crippen LogP contribution is 2.16. The first-order valence-corrected chi connectivity index (χ1v) is 7.13. The van der Waals surface area contributed by atoms with Crippen molar-refractivity contribution in [2.45, 2.75) is 25.0 Å². The Kier molecular flexibility index (Phi) is 7.36. The lowest BCUT2D eigenvalue weighted by atomic mass is 10.1. The molecule has 0 aromatic heterocycles. The van der Waals surface area contributed by atoms with Gasteiger partial charge in [0.15, 0.2) is 0 Å². The van der Waals surface area contributed by atoms with E-state index >= 15 is 0 Å². The molecule has 0 N–H and O–H groups in total. The topological polar surface area (TPSA) is 3.24 Å². The molecular formula is C16H19Br2N. The summed E-state index contributed by atoms with van der Waals surface area (Å²) in [6.07, 6.45) is 0. The lowest BCUT2D eigenvalue weighted by Gasteiger charge is -2.25. The molecule has 3 heteroatoms. The predicted molar refractivity (Wildman–Crippen MR) is 90.8 cm³/mol. The fourth-order valence-corrected chi connectivity index (χ4v) is 2.23. The van der Waals surface area contributed by atoms with E-state index in [1.165, 1.54) is 11.1 Å². The van der Waals surface area contributed by atoms with Crippen LogP contribution in [0.5, 0.6) is 0 Å². The molecule has 0 spiro atoms. The van der Waals surface area contributed by atoms with E-state index < -0.39 is 0 Å². The highest BCUT2D eigenvalue weighted by Gasteiger charge is 2.11. The van der Waals surface area contributed by atoms with Crippen LogP contribution in [0.1, 0.15) is 18.1 Å². The van der Waals surface area contributed by atoms with Crippen molar-refractivity contribution >= 4 is 32.9 Å². The summed E-state index contributed by atoms with van der Waals surface area (Å²) in [5, 5.41) is 0. The zero-order valence-corrected chi connectivity index (χ0v) is 14.3. The van der Waals surface area contributed by atoms with Gasteiger partial charge in [-0.3, -0.25) is 4.90 Å². The van der Waals surface area contributed by atoms with Crippen LogP contribution >= 0.6 is 32.9 Å². The van der Waals surface area contributed by atoms with Crippen molar-refractivity contribution in [2.24, 2.45) is 0 Å². The van der Waals surface area contributed by atoms with Crippen molar-refractivity contribution in [3.63, 3.8) is 0 Å². The fraction of sp³-hybridized carbons (Fsp3) is 0.250. The number of nitrogens with zero attached hydrogens (tertiary/aromatic N) is 1. The first kappa shape index (κ1) is 16.4. The zero-order chi connectivity index (χ0) is 12.8. The van der Waals surface area contributed by atoms with Crippen molar-refractivity contribution in [1.82, 2.24) is 4.90 Å². The Hall–Kier alpha value is -0.640. The molecule has 0 radical (unpaired) electrons. The Morgan fingerprint density at radius 2 is 1.21 bits per heavy atom. The molecule has 1 atom stereocenters. The van der Waals surface area contributed by atoms with Gasteiger partial charge in [-0.1, -0.05) is 76.6 Å². The average molecular weight is 385 g/mol. The van der Waals surface area contributed by atoms with E-state index in [2.05, 4.69) is 88.4 Å². The van der Waals surface area contributed by atoms with Crippen LogP contribution in [0, 0.1) is 0 Å². The number of halogens is 2. The maximum atomic E-state index is 3.68. The molecule has 0 saturated heterocycles. The molecule has 0 heterocycles. The number of rotatable bonds is 5. The number of hydrogen-bond acceptors (Lipinski definition) is 1. The lowest BCUT2D eigenvalue weighted by Crippen LogP contribution is -2.27. The molecule has 0 aliphatic heterocycles. The molecule has 1 unspecified atom stereocenters. The van der Waals surface area contributed by atoms with E-state index in [1.54, 1.807) is 0 Å². The van der Waals surface area contributed by atoms with E-state index in [-0.39, 0.29) is 17.0 Å². The molecule has 2 aromatic rings. The molecule has 2 rings (SSSR count). The van der Waals surface area contributed by atoms with E-state index in [4.69, 9.17) is 0 Å². The van der Waals surface area contributed by atoms with Gasteiger partial charge in [0.2, 0.25) is 0 Å². The maximum Gasteiger partial charge on any atom is 0.0632 e. The molecule has 1 nitrogen and oxygen atoms in total. The highest BCUT2D eigenvalue weighted by molar-refractivity contribution is 9.09. The van der Waals surface area contributed by atoms with Crippen LogP contribution in [-0.2, 0) is 13.1 Å². The standard InChI is InChI=1S/C16H18BrN.BrH/c1-14(17)18(12-15-8-4-2-5-9-15)13-16-10-6-3-7-11-16;/h2-11,14H,12-13H2,1H3;1H. The van der Waals surface area contributed by atoms with Gasteiger partial charge in [0.1, 0.15) is 0 Å². The number of alkyl halides is 1. The predicted octanol–water partition coefficient (Wildman–Crippen LogP) is 5.01. The highest BCUT2D eigenvalue weighted by atomic mass is 79.9. The molecule has 0 bridgehead atoms. The summed E-state index contributed by atoms with van der Waals surface area (Å²) in [4.78, 5) is 2.77. The van der Waals surface area contributed by atoms with Gasteiger partial charge in [-0.2, -0.15) is 0 Å². The van der Waals surface area contributed by atoms with E-state index in [0.717, 1.165) is 13.1 Å². The quantitative estimate of drug-likeness (QED) is 0.517. The molecule has 0 aliphatic carbocycles. The van der Waals surface area contributed by atoms with Crippen LogP contribution in [0.3, 0.4) is 0 Å². The lowest BCUT2D eigenvalue weighted by molar-refractivity contribution is 0.253. The van der Waals surface area contributed by atoms with E-state index in [1.807, 2.05) is 0 Å². The smallest absolute Gasteiger partial charge is 0.0632 e. The summed E-state index contributed by atoms with van der Waals surface area (Å²) in [6, 6.07) is 21.2. The third-order valence-corrected chi connectivity index (χ3v) is 3.54. The minimum atomic E-state index is 0. The molecular weight excluding hydrogens is 366 g/mol. The summed E-state index contributed by atoms with van der Waals surface area (Å²) < 4.78 is 0. The summed E-state index contributed by atoms with van der Waals surface area (Å²) in [5.74, 6) is 0. The molecule has 0 fully saturated rings. The van der Waals surface area contributed by atoms with Crippen LogP contribution in [0.25, 0.3) is 0 Å².